The Labute approximate surface area is 99.5 Å². The number of rotatable bonds is 7. The average molecular weight is 220 g/mol. The summed E-state index contributed by atoms with van der Waals surface area (Å²) >= 11 is 0. The SMILES string of the molecule is CCCCC(NCCC)c1ncccc1C. The summed E-state index contributed by atoms with van der Waals surface area (Å²) < 4.78 is 0. The highest BCUT2D eigenvalue weighted by Crippen LogP contribution is 2.20. The molecule has 0 aliphatic rings. The van der Waals surface area contributed by atoms with E-state index in [-0.39, 0.29) is 0 Å². The van der Waals surface area contributed by atoms with Crippen molar-refractivity contribution in [3.05, 3.63) is 29.6 Å². The molecule has 2 nitrogen and oxygen atoms in total. The molecular formula is C14H24N2. The van der Waals surface area contributed by atoms with Crippen LogP contribution in [0.3, 0.4) is 0 Å². The van der Waals surface area contributed by atoms with Crippen LogP contribution in [0.5, 0.6) is 0 Å². The van der Waals surface area contributed by atoms with Crippen LogP contribution >= 0.6 is 0 Å². The molecule has 1 heterocycles. The molecular weight excluding hydrogens is 196 g/mol. The molecule has 0 bridgehead atoms. The van der Waals surface area contributed by atoms with Gasteiger partial charge in [0.25, 0.3) is 0 Å². The topological polar surface area (TPSA) is 24.9 Å². The third kappa shape index (κ3) is 3.93. The number of nitrogens with one attached hydrogen (secondary N) is 1. The molecule has 1 unspecified atom stereocenters. The molecule has 1 rings (SSSR count). The maximum absolute atomic E-state index is 4.52. The Morgan fingerprint density at radius 3 is 2.75 bits per heavy atom. The quantitative estimate of drug-likeness (QED) is 0.759. The van der Waals surface area contributed by atoms with E-state index < -0.39 is 0 Å². The summed E-state index contributed by atoms with van der Waals surface area (Å²) in [5, 5.41) is 3.60. The van der Waals surface area contributed by atoms with E-state index in [4.69, 9.17) is 0 Å². The number of unbranched alkanes of at least 4 members (excludes halogenated alkanes) is 1. The van der Waals surface area contributed by atoms with Gasteiger partial charge in [-0.2, -0.15) is 0 Å². The van der Waals surface area contributed by atoms with Gasteiger partial charge in [-0.15, -0.1) is 0 Å². The molecule has 90 valence electrons. The van der Waals surface area contributed by atoms with Crippen molar-refractivity contribution in [1.29, 1.82) is 0 Å². The van der Waals surface area contributed by atoms with E-state index in [0.29, 0.717) is 6.04 Å². The van der Waals surface area contributed by atoms with Gasteiger partial charge >= 0.3 is 0 Å². The standard InChI is InChI=1S/C14H24N2/c1-4-6-9-13(15-10-5-2)14-12(3)8-7-11-16-14/h7-8,11,13,15H,4-6,9-10H2,1-3H3. The van der Waals surface area contributed by atoms with Crippen LogP contribution in [0.2, 0.25) is 0 Å². The number of hydrogen-bond acceptors (Lipinski definition) is 2. The van der Waals surface area contributed by atoms with Crippen molar-refractivity contribution < 1.29 is 0 Å². The first-order valence-corrected chi connectivity index (χ1v) is 6.44. The number of nitrogens with zero attached hydrogens (tertiary/aromatic N) is 1. The molecule has 0 aliphatic carbocycles. The van der Waals surface area contributed by atoms with Crippen molar-refractivity contribution in [2.24, 2.45) is 0 Å². The first-order chi connectivity index (χ1) is 7.79. The van der Waals surface area contributed by atoms with Gasteiger partial charge in [0.2, 0.25) is 0 Å². The van der Waals surface area contributed by atoms with Crippen LogP contribution in [0.25, 0.3) is 0 Å². The van der Waals surface area contributed by atoms with Gasteiger partial charge in [0.15, 0.2) is 0 Å². The summed E-state index contributed by atoms with van der Waals surface area (Å²) in [7, 11) is 0. The van der Waals surface area contributed by atoms with Gasteiger partial charge in [0.1, 0.15) is 0 Å². The Morgan fingerprint density at radius 2 is 2.12 bits per heavy atom. The van der Waals surface area contributed by atoms with E-state index in [0.717, 1.165) is 6.54 Å². The maximum atomic E-state index is 4.52. The number of pyridine rings is 1. The second kappa shape index (κ2) is 7.39. The minimum absolute atomic E-state index is 0.432. The van der Waals surface area contributed by atoms with Gasteiger partial charge in [-0.3, -0.25) is 4.98 Å². The van der Waals surface area contributed by atoms with Crippen LogP contribution in [0, 0.1) is 6.92 Å². The minimum Gasteiger partial charge on any atom is -0.309 e. The van der Waals surface area contributed by atoms with Crippen LogP contribution in [-0.4, -0.2) is 11.5 Å². The Morgan fingerprint density at radius 1 is 1.31 bits per heavy atom. The molecule has 1 N–H and O–H groups in total. The Balaban J connectivity index is 2.70. The zero-order chi connectivity index (χ0) is 11.8. The normalized spacial score (nSPS) is 12.7. The van der Waals surface area contributed by atoms with E-state index in [2.05, 4.69) is 37.1 Å². The first kappa shape index (κ1) is 13.2. The highest BCUT2D eigenvalue weighted by Gasteiger charge is 2.13. The fourth-order valence-electron chi connectivity index (χ4n) is 1.92. The van der Waals surface area contributed by atoms with Crippen LogP contribution in [0.15, 0.2) is 18.3 Å². The van der Waals surface area contributed by atoms with E-state index in [9.17, 15) is 0 Å². The van der Waals surface area contributed by atoms with Gasteiger partial charge in [-0.1, -0.05) is 32.8 Å². The van der Waals surface area contributed by atoms with Crippen LogP contribution in [-0.2, 0) is 0 Å². The third-order valence-corrected chi connectivity index (χ3v) is 2.87. The fraction of sp³-hybridized carbons (Fsp3) is 0.643. The first-order valence-electron chi connectivity index (χ1n) is 6.44. The maximum Gasteiger partial charge on any atom is 0.0602 e. The molecule has 0 fully saturated rings. The van der Waals surface area contributed by atoms with Gasteiger partial charge in [0, 0.05) is 12.2 Å². The number of aromatic nitrogens is 1. The molecule has 1 atom stereocenters. The zero-order valence-corrected chi connectivity index (χ0v) is 10.8. The summed E-state index contributed by atoms with van der Waals surface area (Å²) in [4.78, 5) is 4.52. The largest absolute Gasteiger partial charge is 0.309 e. The molecule has 0 saturated heterocycles. The van der Waals surface area contributed by atoms with Gasteiger partial charge in [-0.05, 0) is 37.9 Å². The van der Waals surface area contributed by atoms with Crippen molar-refractivity contribution in [2.75, 3.05) is 6.54 Å². The Kier molecular flexibility index (Phi) is 6.09. The monoisotopic (exact) mass is 220 g/mol. The van der Waals surface area contributed by atoms with Gasteiger partial charge < -0.3 is 5.32 Å². The summed E-state index contributed by atoms with van der Waals surface area (Å²) in [6, 6.07) is 4.59. The van der Waals surface area contributed by atoms with E-state index in [1.54, 1.807) is 0 Å². The summed E-state index contributed by atoms with van der Waals surface area (Å²) in [5.41, 5.74) is 2.52. The highest BCUT2D eigenvalue weighted by atomic mass is 14.9. The molecule has 0 spiro atoms. The Hall–Kier alpha value is -0.890. The molecule has 0 amide bonds. The number of aryl methyl sites for hydroxylation is 1. The molecule has 0 aromatic carbocycles. The molecule has 1 aromatic rings. The summed E-state index contributed by atoms with van der Waals surface area (Å²) in [6.07, 6.45) is 6.77. The minimum atomic E-state index is 0.432. The number of hydrogen-bond donors (Lipinski definition) is 1. The van der Waals surface area contributed by atoms with Crippen LogP contribution < -0.4 is 5.32 Å². The molecule has 1 aromatic heterocycles. The van der Waals surface area contributed by atoms with Crippen molar-refractivity contribution in [1.82, 2.24) is 10.3 Å². The second-order valence-corrected chi connectivity index (χ2v) is 4.35. The second-order valence-electron chi connectivity index (χ2n) is 4.35. The van der Waals surface area contributed by atoms with Crippen molar-refractivity contribution >= 4 is 0 Å². The molecule has 2 heteroatoms. The predicted molar refractivity (Wildman–Crippen MR) is 69.5 cm³/mol. The van der Waals surface area contributed by atoms with Crippen molar-refractivity contribution in [3.8, 4) is 0 Å². The highest BCUT2D eigenvalue weighted by molar-refractivity contribution is 5.21. The molecule has 0 aliphatic heterocycles. The van der Waals surface area contributed by atoms with Crippen LogP contribution in [0.1, 0.15) is 56.8 Å². The lowest BCUT2D eigenvalue weighted by molar-refractivity contribution is 0.470. The van der Waals surface area contributed by atoms with Gasteiger partial charge in [-0.25, -0.2) is 0 Å². The molecule has 0 saturated carbocycles. The molecule has 0 radical (unpaired) electrons. The lowest BCUT2D eigenvalue weighted by Crippen LogP contribution is -2.23. The third-order valence-electron chi connectivity index (χ3n) is 2.87. The Bertz CT molecular complexity index is 289. The van der Waals surface area contributed by atoms with Crippen molar-refractivity contribution in [2.45, 2.75) is 52.5 Å². The predicted octanol–water partition coefficient (Wildman–Crippen LogP) is 3.62. The van der Waals surface area contributed by atoms with E-state index in [1.807, 2.05) is 12.3 Å². The summed E-state index contributed by atoms with van der Waals surface area (Å²) in [5.74, 6) is 0. The zero-order valence-electron chi connectivity index (χ0n) is 10.8. The smallest absolute Gasteiger partial charge is 0.0602 e. The van der Waals surface area contributed by atoms with E-state index in [1.165, 1.54) is 36.9 Å². The van der Waals surface area contributed by atoms with Crippen LogP contribution in [0.4, 0.5) is 0 Å². The fourth-order valence-corrected chi connectivity index (χ4v) is 1.92. The lowest BCUT2D eigenvalue weighted by Gasteiger charge is -2.19. The lowest BCUT2D eigenvalue weighted by atomic mass is 10.0. The van der Waals surface area contributed by atoms with E-state index >= 15 is 0 Å². The molecule has 16 heavy (non-hydrogen) atoms. The summed E-state index contributed by atoms with van der Waals surface area (Å²) in [6.45, 7) is 7.66. The van der Waals surface area contributed by atoms with Gasteiger partial charge in [0.05, 0.1) is 5.69 Å². The average Bonchev–Trinajstić information content (AvgIpc) is 2.31. The van der Waals surface area contributed by atoms with Crippen molar-refractivity contribution in [3.63, 3.8) is 0 Å².